The predicted molar refractivity (Wildman–Crippen MR) is 91.0 cm³/mol. The molecule has 0 aliphatic rings. The predicted octanol–water partition coefficient (Wildman–Crippen LogP) is 1.70. The zero-order valence-corrected chi connectivity index (χ0v) is 13.6. The number of carbonyl (C=O) groups excluding carboxylic acids is 2. The largest absolute Gasteiger partial charge is 0.338 e. The van der Waals surface area contributed by atoms with E-state index in [2.05, 4.69) is 41.8 Å². The fraction of sp³-hybridized carbons (Fsp3) is 0.333. The molecule has 5 heteroatoms. The number of benzene rings is 2. The molecule has 23 heavy (non-hydrogen) atoms. The molecule has 0 spiro atoms. The zero-order chi connectivity index (χ0) is 16.7. The van der Waals surface area contributed by atoms with Crippen molar-refractivity contribution >= 4 is 22.7 Å². The minimum atomic E-state index is -0.428. The van der Waals surface area contributed by atoms with Crippen LogP contribution in [0.5, 0.6) is 0 Å². The molecule has 0 saturated carbocycles. The Morgan fingerprint density at radius 2 is 1.87 bits per heavy atom. The number of hydrogen-bond donors (Lipinski definition) is 3. The lowest BCUT2D eigenvalue weighted by molar-refractivity contribution is -0.682. The number of rotatable bonds is 6. The third kappa shape index (κ3) is 4.79. The SMILES string of the molecule is CCCNC(=O)NC(=O)C[NH2+][C@@H](C)c1cccc2ccccc12. The second kappa shape index (κ2) is 8.29. The minimum absolute atomic E-state index is 0.130. The van der Waals surface area contributed by atoms with Gasteiger partial charge < -0.3 is 10.6 Å². The number of hydrogen-bond acceptors (Lipinski definition) is 2. The van der Waals surface area contributed by atoms with E-state index < -0.39 is 6.03 Å². The number of carbonyl (C=O) groups is 2. The Labute approximate surface area is 136 Å². The van der Waals surface area contributed by atoms with Crippen molar-refractivity contribution in [1.82, 2.24) is 10.6 Å². The molecule has 3 amide bonds. The van der Waals surface area contributed by atoms with Gasteiger partial charge >= 0.3 is 6.03 Å². The van der Waals surface area contributed by atoms with Gasteiger partial charge in [-0.25, -0.2) is 4.79 Å². The third-order valence-corrected chi connectivity index (χ3v) is 3.76. The third-order valence-electron chi connectivity index (χ3n) is 3.76. The fourth-order valence-electron chi connectivity index (χ4n) is 2.52. The molecule has 2 aromatic carbocycles. The van der Waals surface area contributed by atoms with Crippen molar-refractivity contribution < 1.29 is 14.9 Å². The van der Waals surface area contributed by atoms with E-state index in [0.717, 1.165) is 6.42 Å². The molecule has 4 N–H and O–H groups in total. The molecule has 0 saturated heterocycles. The number of amides is 3. The Hall–Kier alpha value is -2.40. The molecule has 2 rings (SSSR count). The van der Waals surface area contributed by atoms with E-state index in [1.807, 2.05) is 30.4 Å². The topological polar surface area (TPSA) is 74.8 Å². The van der Waals surface area contributed by atoms with Gasteiger partial charge in [-0.15, -0.1) is 0 Å². The Kier molecular flexibility index (Phi) is 6.11. The summed E-state index contributed by atoms with van der Waals surface area (Å²) >= 11 is 0. The molecule has 0 fully saturated rings. The second-order valence-corrected chi connectivity index (χ2v) is 5.60. The lowest BCUT2D eigenvalue weighted by Gasteiger charge is -2.13. The molecule has 0 radical (unpaired) electrons. The molecular formula is C18H24N3O2+. The normalized spacial score (nSPS) is 11.9. The van der Waals surface area contributed by atoms with Gasteiger partial charge in [0.2, 0.25) is 0 Å². The highest BCUT2D eigenvalue weighted by Gasteiger charge is 2.15. The quantitative estimate of drug-likeness (QED) is 0.759. The first-order valence-corrected chi connectivity index (χ1v) is 8.00. The zero-order valence-electron chi connectivity index (χ0n) is 13.6. The maximum absolute atomic E-state index is 11.8. The molecule has 122 valence electrons. The Balaban J connectivity index is 1.92. The van der Waals surface area contributed by atoms with Crippen molar-refractivity contribution in [2.75, 3.05) is 13.1 Å². The monoisotopic (exact) mass is 314 g/mol. The van der Waals surface area contributed by atoms with Crippen LogP contribution in [0.3, 0.4) is 0 Å². The van der Waals surface area contributed by atoms with Crippen LogP contribution in [-0.2, 0) is 4.79 Å². The van der Waals surface area contributed by atoms with Crippen molar-refractivity contribution in [3.8, 4) is 0 Å². The molecule has 5 nitrogen and oxygen atoms in total. The fourth-order valence-corrected chi connectivity index (χ4v) is 2.52. The van der Waals surface area contributed by atoms with Gasteiger partial charge in [-0.2, -0.15) is 0 Å². The molecule has 1 atom stereocenters. The Bertz CT molecular complexity index is 680. The Morgan fingerprint density at radius 1 is 1.13 bits per heavy atom. The van der Waals surface area contributed by atoms with Crippen LogP contribution in [0.15, 0.2) is 42.5 Å². The summed E-state index contributed by atoms with van der Waals surface area (Å²) in [5.74, 6) is -0.286. The van der Waals surface area contributed by atoms with Crippen molar-refractivity contribution in [2.45, 2.75) is 26.3 Å². The summed E-state index contributed by atoms with van der Waals surface area (Å²) in [4.78, 5) is 23.3. The van der Waals surface area contributed by atoms with Crippen LogP contribution in [0, 0.1) is 0 Å². The van der Waals surface area contributed by atoms with E-state index in [-0.39, 0.29) is 18.5 Å². The van der Waals surface area contributed by atoms with E-state index >= 15 is 0 Å². The summed E-state index contributed by atoms with van der Waals surface area (Å²) < 4.78 is 0. The highest BCUT2D eigenvalue weighted by atomic mass is 16.2. The summed E-state index contributed by atoms with van der Waals surface area (Å²) in [6.45, 7) is 4.80. The van der Waals surface area contributed by atoms with Gasteiger partial charge in [-0.05, 0) is 24.1 Å². The molecule has 0 bridgehead atoms. The van der Waals surface area contributed by atoms with Crippen LogP contribution in [0.2, 0.25) is 0 Å². The van der Waals surface area contributed by atoms with Gasteiger partial charge in [0.15, 0.2) is 6.54 Å². The van der Waals surface area contributed by atoms with Gasteiger partial charge in [0.1, 0.15) is 6.04 Å². The highest BCUT2D eigenvalue weighted by molar-refractivity contribution is 5.94. The van der Waals surface area contributed by atoms with Crippen LogP contribution in [0.4, 0.5) is 4.79 Å². The number of imide groups is 1. The van der Waals surface area contributed by atoms with Gasteiger partial charge in [0.05, 0.1) is 0 Å². The lowest BCUT2D eigenvalue weighted by atomic mass is 10.00. The van der Waals surface area contributed by atoms with Crippen molar-refractivity contribution in [2.24, 2.45) is 0 Å². The molecule has 0 unspecified atom stereocenters. The molecule has 0 aliphatic carbocycles. The lowest BCUT2D eigenvalue weighted by Crippen LogP contribution is -2.87. The highest BCUT2D eigenvalue weighted by Crippen LogP contribution is 2.21. The first kappa shape index (κ1) is 17.0. The van der Waals surface area contributed by atoms with E-state index in [1.54, 1.807) is 0 Å². The van der Waals surface area contributed by atoms with Crippen LogP contribution < -0.4 is 16.0 Å². The molecule has 0 heterocycles. The van der Waals surface area contributed by atoms with Crippen molar-refractivity contribution in [3.63, 3.8) is 0 Å². The number of nitrogens with two attached hydrogens (primary N) is 1. The van der Waals surface area contributed by atoms with E-state index in [1.165, 1.54) is 16.3 Å². The molecule has 2 aromatic rings. The van der Waals surface area contributed by atoms with Crippen LogP contribution in [0.1, 0.15) is 31.9 Å². The first-order valence-electron chi connectivity index (χ1n) is 8.00. The van der Waals surface area contributed by atoms with Gasteiger partial charge in [0, 0.05) is 12.1 Å². The average Bonchev–Trinajstić information content (AvgIpc) is 2.57. The maximum atomic E-state index is 11.8. The van der Waals surface area contributed by atoms with Crippen LogP contribution in [-0.4, -0.2) is 25.0 Å². The van der Waals surface area contributed by atoms with Crippen LogP contribution in [0.25, 0.3) is 10.8 Å². The standard InChI is InChI=1S/C18H23N3O2/c1-3-11-19-18(23)21-17(22)12-20-13(2)15-10-6-8-14-7-4-5-9-16(14)15/h4-10,13,20H,3,11-12H2,1-2H3,(H2,19,21,22,23)/p+1/t13-/m0/s1. The van der Waals surface area contributed by atoms with E-state index in [9.17, 15) is 9.59 Å². The summed E-state index contributed by atoms with van der Waals surface area (Å²) in [6.07, 6.45) is 0.839. The molecule has 0 aliphatic heterocycles. The van der Waals surface area contributed by atoms with Crippen molar-refractivity contribution in [3.05, 3.63) is 48.0 Å². The smallest absolute Gasteiger partial charge is 0.321 e. The van der Waals surface area contributed by atoms with Crippen LogP contribution >= 0.6 is 0 Å². The summed E-state index contributed by atoms with van der Waals surface area (Å²) in [7, 11) is 0. The Morgan fingerprint density at radius 3 is 2.65 bits per heavy atom. The molecular weight excluding hydrogens is 290 g/mol. The number of nitrogens with one attached hydrogen (secondary N) is 2. The average molecular weight is 314 g/mol. The van der Waals surface area contributed by atoms with Crippen molar-refractivity contribution in [1.29, 1.82) is 0 Å². The van der Waals surface area contributed by atoms with E-state index in [4.69, 9.17) is 0 Å². The number of quaternary nitrogens is 1. The summed E-state index contributed by atoms with van der Waals surface area (Å²) in [6, 6.07) is 14.1. The number of urea groups is 1. The summed E-state index contributed by atoms with van der Waals surface area (Å²) in [5.41, 5.74) is 1.19. The van der Waals surface area contributed by atoms with Gasteiger partial charge in [-0.3, -0.25) is 10.1 Å². The van der Waals surface area contributed by atoms with E-state index in [0.29, 0.717) is 6.54 Å². The second-order valence-electron chi connectivity index (χ2n) is 5.60. The number of fused-ring (bicyclic) bond motifs is 1. The molecule has 0 aromatic heterocycles. The first-order chi connectivity index (χ1) is 11.1. The van der Waals surface area contributed by atoms with Gasteiger partial charge in [0.25, 0.3) is 5.91 Å². The van der Waals surface area contributed by atoms with Gasteiger partial charge in [-0.1, -0.05) is 49.4 Å². The minimum Gasteiger partial charge on any atom is -0.338 e. The summed E-state index contributed by atoms with van der Waals surface area (Å²) in [5, 5.41) is 9.28. The maximum Gasteiger partial charge on any atom is 0.321 e.